The lowest BCUT2D eigenvalue weighted by atomic mass is 9.83. The van der Waals surface area contributed by atoms with E-state index in [-0.39, 0.29) is 5.91 Å². The van der Waals surface area contributed by atoms with Crippen molar-refractivity contribution >= 4 is 27.5 Å². The van der Waals surface area contributed by atoms with E-state index in [1.165, 1.54) is 0 Å². The van der Waals surface area contributed by atoms with Crippen molar-refractivity contribution in [2.75, 3.05) is 18.5 Å². The second kappa shape index (κ2) is 6.48. The molecule has 0 atom stereocenters. The number of nitrogens with one attached hydrogen (secondary N) is 1. The molecule has 1 aliphatic rings. The summed E-state index contributed by atoms with van der Waals surface area (Å²) in [6.07, 6.45) is 0. The number of aryl methyl sites for hydroxylation is 1. The van der Waals surface area contributed by atoms with Crippen LogP contribution in [0.5, 0.6) is 11.5 Å². The average molecular weight is 390 g/mol. The maximum Gasteiger partial charge on any atom is 0.234 e. The number of benzene rings is 2. The summed E-state index contributed by atoms with van der Waals surface area (Å²) in [7, 11) is 0. The van der Waals surface area contributed by atoms with Gasteiger partial charge in [0.25, 0.3) is 0 Å². The summed E-state index contributed by atoms with van der Waals surface area (Å²) in [5, 5.41) is 3.00. The van der Waals surface area contributed by atoms with Crippen LogP contribution in [0.25, 0.3) is 0 Å². The van der Waals surface area contributed by atoms with Gasteiger partial charge in [0, 0.05) is 4.47 Å². The van der Waals surface area contributed by atoms with Gasteiger partial charge in [-0.3, -0.25) is 4.79 Å². The summed E-state index contributed by atoms with van der Waals surface area (Å²) in [5.74, 6) is 1.34. The Kier molecular flexibility index (Phi) is 4.54. The van der Waals surface area contributed by atoms with Crippen LogP contribution in [0.15, 0.2) is 40.9 Å². The summed E-state index contributed by atoms with van der Waals surface area (Å²) >= 11 is 3.50. The molecule has 1 aliphatic heterocycles. The predicted molar refractivity (Wildman–Crippen MR) is 98.0 cm³/mol. The number of anilines is 1. The van der Waals surface area contributed by atoms with E-state index < -0.39 is 5.41 Å². The van der Waals surface area contributed by atoms with Crippen LogP contribution < -0.4 is 14.8 Å². The first kappa shape index (κ1) is 16.8. The second-order valence-electron chi connectivity index (χ2n) is 6.42. The van der Waals surface area contributed by atoms with E-state index in [1.807, 2.05) is 57.2 Å². The number of fused-ring (bicyclic) bond motifs is 1. The number of amides is 1. The zero-order valence-electron chi connectivity index (χ0n) is 14.0. The molecule has 1 amide bonds. The first-order chi connectivity index (χ1) is 11.4. The molecule has 0 bridgehead atoms. The minimum Gasteiger partial charge on any atom is -0.486 e. The molecule has 0 aliphatic carbocycles. The van der Waals surface area contributed by atoms with E-state index in [2.05, 4.69) is 21.2 Å². The Morgan fingerprint density at radius 2 is 1.79 bits per heavy atom. The normalized spacial score (nSPS) is 13.5. The third kappa shape index (κ3) is 3.26. The van der Waals surface area contributed by atoms with E-state index in [4.69, 9.17) is 9.47 Å². The molecule has 24 heavy (non-hydrogen) atoms. The fourth-order valence-electron chi connectivity index (χ4n) is 2.56. The van der Waals surface area contributed by atoms with Gasteiger partial charge in [0.1, 0.15) is 13.2 Å². The highest BCUT2D eigenvalue weighted by molar-refractivity contribution is 9.10. The van der Waals surface area contributed by atoms with Crippen LogP contribution in [-0.4, -0.2) is 19.1 Å². The largest absolute Gasteiger partial charge is 0.486 e. The van der Waals surface area contributed by atoms with Crippen molar-refractivity contribution in [1.82, 2.24) is 0 Å². The average Bonchev–Trinajstić information content (AvgIpc) is 2.56. The van der Waals surface area contributed by atoms with Crippen molar-refractivity contribution in [3.05, 3.63) is 52.0 Å². The molecule has 2 aromatic carbocycles. The van der Waals surface area contributed by atoms with Crippen LogP contribution in [0.1, 0.15) is 25.0 Å². The first-order valence-electron chi connectivity index (χ1n) is 7.85. The molecule has 1 N–H and O–H groups in total. The number of hydrogen-bond acceptors (Lipinski definition) is 3. The lowest BCUT2D eigenvalue weighted by Gasteiger charge is -2.27. The summed E-state index contributed by atoms with van der Waals surface area (Å²) in [4.78, 5) is 12.8. The smallest absolute Gasteiger partial charge is 0.234 e. The zero-order valence-corrected chi connectivity index (χ0v) is 15.6. The van der Waals surface area contributed by atoms with Crippen molar-refractivity contribution in [3.63, 3.8) is 0 Å². The molecule has 0 spiro atoms. The Labute approximate surface area is 150 Å². The van der Waals surface area contributed by atoms with E-state index in [0.717, 1.165) is 27.0 Å². The number of carbonyl (C=O) groups excluding carboxylic acids is 1. The van der Waals surface area contributed by atoms with Crippen LogP contribution in [0.4, 0.5) is 5.69 Å². The fourth-order valence-corrected chi connectivity index (χ4v) is 3.16. The van der Waals surface area contributed by atoms with Gasteiger partial charge in [-0.1, -0.05) is 12.1 Å². The van der Waals surface area contributed by atoms with E-state index in [0.29, 0.717) is 19.0 Å². The number of halogens is 1. The lowest BCUT2D eigenvalue weighted by Crippen LogP contribution is -2.35. The molecular weight excluding hydrogens is 370 g/mol. The van der Waals surface area contributed by atoms with Gasteiger partial charge in [-0.2, -0.15) is 0 Å². The number of carbonyl (C=O) groups is 1. The molecule has 0 fully saturated rings. The predicted octanol–water partition coefficient (Wildman–Crippen LogP) is 4.45. The van der Waals surface area contributed by atoms with Gasteiger partial charge in [0.2, 0.25) is 5.91 Å². The van der Waals surface area contributed by atoms with Gasteiger partial charge in [0.15, 0.2) is 11.5 Å². The topological polar surface area (TPSA) is 47.6 Å². The summed E-state index contributed by atoms with van der Waals surface area (Å²) < 4.78 is 12.0. The van der Waals surface area contributed by atoms with E-state index in [9.17, 15) is 4.79 Å². The third-order valence-corrected chi connectivity index (χ3v) is 4.86. The summed E-state index contributed by atoms with van der Waals surface area (Å²) in [6, 6.07) is 11.5. The van der Waals surface area contributed by atoms with Crippen LogP contribution in [0.2, 0.25) is 0 Å². The van der Waals surface area contributed by atoms with E-state index >= 15 is 0 Å². The molecule has 5 heteroatoms. The van der Waals surface area contributed by atoms with Crippen LogP contribution in [0, 0.1) is 6.92 Å². The third-order valence-electron chi connectivity index (χ3n) is 4.20. The van der Waals surface area contributed by atoms with Crippen molar-refractivity contribution in [2.24, 2.45) is 0 Å². The Morgan fingerprint density at radius 3 is 2.50 bits per heavy atom. The molecule has 0 saturated carbocycles. The Morgan fingerprint density at radius 1 is 1.08 bits per heavy atom. The van der Waals surface area contributed by atoms with Gasteiger partial charge >= 0.3 is 0 Å². The van der Waals surface area contributed by atoms with Crippen LogP contribution >= 0.6 is 15.9 Å². The van der Waals surface area contributed by atoms with Crippen molar-refractivity contribution < 1.29 is 14.3 Å². The summed E-state index contributed by atoms with van der Waals surface area (Å²) in [6.45, 7) is 6.89. The fraction of sp³-hybridized carbons (Fsp3) is 0.316. The van der Waals surface area contributed by atoms with Gasteiger partial charge in [-0.15, -0.1) is 0 Å². The maximum absolute atomic E-state index is 12.8. The molecule has 0 radical (unpaired) electrons. The van der Waals surface area contributed by atoms with Crippen molar-refractivity contribution in [1.29, 1.82) is 0 Å². The lowest BCUT2D eigenvalue weighted by molar-refractivity contribution is -0.120. The number of rotatable bonds is 3. The molecule has 0 saturated heterocycles. The summed E-state index contributed by atoms with van der Waals surface area (Å²) in [5.41, 5.74) is 2.06. The Hall–Kier alpha value is -2.01. The Balaban J connectivity index is 1.85. The minimum atomic E-state index is -0.708. The van der Waals surface area contributed by atoms with Gasteiger partial charge < -0.3 is 14.8 Å². The zero-order chi connectivity index (χ0) is 17.3. The molecule has 0 unspecified atom stereocenters. The van der Waals surface area contributed by atoms with Crippen molar-refractivity contribution in [2.45, 2.75) is 26.2 Å². The molecule has 2 aromatic rings. The van der Waals surface area contributed by atoms with Crippen LogP contribution in [-0.2, 0) is 10.2 Å². The SMILES string of the molecule is Cc1ccc(NC(=O)C(C)(C)c2ccc3c(c2)OCCO3)c(Br)c1. The maximum atomic E-state index is 12.8. The molecule has 3 rings (SSSR count). The standard InChI is InChI=1S/C19H20BrNO3/c1-12-4-6-15(14(20)10-12)21-18(22)19(2,3)13-5-7-16-17(11-13)24-9-8-23-16/h4-7,10-11H,8-9H2,1-3H3,(H,21,22). The molecule has 126 valence electrons. The van der Waals surface area contributed by atoms with Crippen molar-refractivity contribution in [3.8, 4) is 11.5 Å². The van der Waals surface area contributed by atoms with E-state index in [1.54, 1.807) is 0 Å². The highest BCUT2D eigenvalue weighted by Crippen LogP contribution is 2.36. The Bertz CT molecular complexity index is 786. The monoisotopic (exact) mass is 389 g/mol. The van der Waals surface area contributed by atoms with Gasteiger partial charge in [-0.05, 0) is 72.1 Å². The molecular formula is C19H20BrNO3. The second-order valence-corrected chi connectivity index (χ2v) is 7.28. The highest BCUT2D eigenvalue weighted by Gasteiger charge is 2.31. The number of hydrogen-bond donors (Lipinski definition) is 1. The van der Waals surface area contributed by atoms with Gasteiger partial charge in [-0.25, -0.2) is 0 Å². The minimum absolute atomic E-state index is 0.0799. The molecule has 0 aromatic heterocycles. The van der Waals surface area contributed by atoms with Crippen LogP contribution in [0.3, 0.4) is 0 Å². The molecule has 1 heterocycles. The quantitative estimate of drug-likeness (QED) is 0.843. The highest BCUT2D eigenvalue weighted by atomic mass is 79.9. The van der Waals surface area contributed by atoms with Gasteiger partial charge in [0.05, 0.1) is 11.1 Å². The first-order valence-corrected chi connectivity index (χ1v) is 8.65. The molecule has 4 nitrogen and oxygen atoms in total. The number of ether oxygens (including phenoxy) is 2.